The van der Waals surface area contributed by atoms with E-state index >= 15 is 0 Å². The van der Waals surface area contributed by atoms with E-state index in [0.717, 1.165) is 5.56 Å². The van der Waals surface area contributed by atoms with Crippen LogP contribution in [0.3, 0.4) is 0 Å². The second kappa shape index (κ2) is 8.11. The molecule has 27 heavy (non-hydrogen) atoms. The lowest BCUT2D eigenvalue weighted by Gasteiger charge is -2.17. The van der Waals surface area contributed by atoms with E-state index < -0.39 is 0 Å². The molecule has 0 saturated carbocycles. The van der Waals surface area contributed by atoms with Crippen molar-refractivity contribution in [2.45, 2.75) is 32.2 Å². The van der Waals surface area contributed by atoms with Crippen LogP contribution in [0.4, 0.5) is 4.39 Å². The highest BCUT2D eigenvalue weighted by Gasteiger charge is 2.30. The lowest BCUT2D eigenvalue weighted by molar-refractivity contribution is -0.127. The zero-order valence-corrected chi connectivity index (χ0v) is 15.0. The number of aromatic amines is 1. The predicted molar refractivity (Wildman–Crippen MR) is 96.5 cm³/mol. The van der Waals surface area contributed by atoms with Crippen LogP contribution < -0.4 is 10.9 Å². The fourth-order valence-corrected chi connectivity index (χ4v) is 3.09. The van der Waals surface area contributed by atoms with Gasteiger partial charge in [0.05, 0.1) is 12.5 Å². The molecular formula is C19H21FN4O3. The molecule has 7 nitrogen and oxygen atoms in total. The molecule has 0 unspecified atom stereocenters. The summed E-state index contributed by atoms with van der Waals surface area (Å²) in [4.78, 5) is 44.3. The van der Waals surface area contributed by atoms with Crippen molar-refractivity contribution in [3.63, 3.8) is 0 Å². The standard InChI is InChI=1S/C19H21FN4O3/c1-12-21-10-14(19(27)22-12)8-17(25)23-16-9-18(26)24(11-16)7-6-13-2-4-15(20)5-3-13/h2-5,10,16H,6-9,11H2,1H3,(H,23,25)(H,21,22,27)/t16-/m0/s1. The van der Waals surface area contributed by atoms with Crippen molar-refractivity contribution in [3.05, 3.63) is 63.6 Å². The molecule has 0 radical (unpaired) electrons. The van der Waals surface area contributed by atoms with Gasteiger partial charge in [-0.15, -0.1) is 0 Å². The van der Waals surface area contributed by atoms with E-state index in [1.807, 2.05) is 0 Å². The summed E-state index contributed by atoms with van der Waals surface area (Å²) in [7, 11) is 0. The van der Waals surface area contributed by atoms with Gasteiger partial charge in [0.25, 0.3) is 5.56 Å². The van der Waals surface area contributed by atoms with Crippen LogP contribution in [0.5, 0.6) is 0 Å². The maximum atomic E-state index is 12.9. The van der Waals surface area contributed by atoms with Crippen LogP contribution in [0.25, 0.3) is 0 Å². The maximum absolute atomic E-state index is 12.9. The Kier molecular flexibility index (Phi) is 5.63. The van der Waals surface area contributed by atoms with Crippen LogP contribution >= 0.6 is 0 Å². The molecular weight excluding hydrogens is 351 g/mol. The molecule has 3 rings (SSSR count). The molecule has 0 bridgehead atoms. The number of halogens is 1. The third-order valence-electron chi connectivity index (χ3n) is 4.51. The molecule has 8 heteroatoms. The summed E-state index contributed by atoms with van der Waals surface area (Å²) in [5, 5.41) is 2.80. The first-order chi connectivity index (χ1) is 12.9. The van der Waals surface area contributed by atoms with E-state index in [4.69, 9.17) is 0 Å². The first-order valence-electron chi connectivity index (χ1n) is 8.77. The van der Waals surface area contributed by atoms with Gasteiger partial charge in [-0.05, 0) is 31.0 Å². The number of nitrogens with zero attached hydrogens (tertiary/aromatic N) is 2. The average Bonchev–Trinajstić information content (AvgIpc) is 2.96. The minimum absolute atomic E-state index is 0.0303. The molecule has 0 spiro atoms. The Morgan fingerprint density at radius 2 is 2.07 bits per heavy atom. The minimum atomic E-state index is -0.332. The summed E-state index contributed by atoms with van der Waals surface area (Å²) in [5.74, 6) is -0.148. The van der Waals surface area contributed by atoms with E-state index in [2.05, 4.69) is 15.3 Å². The SMILES string of the molecule is Cc1ncc(CC(=O)N[C@H]2CC(=O)N(CCc3ccc(F)cc3)C2)c(=O)[nH]1. The number of likely N-dealkylation sites (tertiary alicyclic amines) is 1. The fraction of sp³-hybridized carbons (Fsp3) is 0.368. The molecule has 2 amide bonds. The predicted octanol–water partition coefficient (Wildman–Crippen LogP) is 0.720. The van der Waals surface area contributed by atoms with Gasteiger partial charge in [0.2, 0.25) is 11.8 Å². The van der Waals surface area contributed by atoms with Crippen molar-refractivity contribution in [3.8, 4) is 0 Å². The molecule has 2 aromatic rings. The second-order valence-corrected chi connectivity index (χ2v) is 6.68. The lowest BCUT2D eigenvalue weighted by Crippen LogP contribution is -2.39. The molecule has 1 aromatic carbocycles. The number of hydrogen-bond acceptors (Lipinski definition) is 4. The summed E-state index contributed by atoms with van der Waals surface area (Å²) in [6.07, 6.45) is 2.17. The molecule has 1 saturated heterocycles. The molecule has 0 aliphatic carbocycles. The van der Waals surface area contributed by atoms with Gasteiger partial charge in [-0.25, -0.2) is 9.37 Å². The van der Waals surface area contributed by atoms with Crippen molar-refractivity contribution in [2.24, 2.45) is 0 Å². The number of rotatable bonds is 6. The Morgan fingerprint density at radius 3 is 2.78 bits per heavy atom. The van der Waals surface area contributed by atoms with Gasteiger partial charge in [-0.3, -0.25) is 14.4 Å². The van der Waals surface area contributed by atoms with Crippen molar-refractivity contribution in [2.75, 3.05) is 13.1 Å². The van der Waals surface area contributed by atoms with Crippen LogP contribution in [0, 0.1) is 12.7 Å². The van der Waals surface area contributed by atoms with Gasteiger partial charge in [0, 0.05) is 31.3 Å². The Morgan fingerprint density at radius 1 is 1.33 bits per heavy atom. The third-order valence-corrected chi connectivity index (χ3v) is 4.51. The highest BCUT2D eigenvalue weighted by atomic mass is 19.1. The fourth-order valence-electron chi connectivity index (χ4n) is 3.09. The highest BCUT2D eigenvalue weighted by molar-refractivity contribution is 5.83. The number of aromatic nitrogens is 2. The maximum Gasteiger partial charge on any atom is 0.254 e. The van der Waals surface area contributed by atoms with E-state index in [1.54, 1.807) is 24.0 Å². The number of amides is 2. The number of nitrogens with one attached hydrogen (secondary N) is 2. The van der Waals surface area contributed by atoms with E-state index in [-0.39, 0.29) is 47.6 Å². The molecule has 1 atom stereocenters. The number of hydrogen-bond donors (Lipinski definition) is 2. The Hall–Kier alpha value is -3.03. The summed E-state index contributed by atoms with van der Waals surface area (Å²) < 4.78 is 12.9. The zero-order chi connectivity index (χ0) is 19.4. The smallest absolute Gasteiger partial charge is 0.254 e. The average molecular weight is 372 g/mol. The van der Waals surface area contributed by atoms with E-state index in [1.165, 1.54) is 18.3 Å². The number of carbonyl (C=O) groups is 2. The van der Waals surface area contributed by atoms with Crippen LogP contribution in [-0.2, 0) is 22.4 Å². The lowest BCUT2D eigenvalue weighted by atomic mass is 10.1. The highest BCUT2D eigenvalue weighted by Crippen LogP contribution is 2.13. The van der Waals surface area contributed by atoms with Crippen LogP contribution in [-0.4, -0.2) is 45.8 Å². The number of benzene rings is 1. The minimum Gasteiger partial charge on any atom is -0.351 e. The van der Waals surface area contributed by atoms with E-state index in [9.17, 15) is 18.8 Å². The van der Waals surface area contributed by atoms with Crippen molar-refractivity contribution in [1.82, 2.24) is 20.2 Å². The van der Waals surface area contributed by atoms with Crippen LogP contribution in [0.2, 0.25) is 0 Å². The van der Waals surface area contributed by atoms with Gasteiger partial charge in [0.1, 0.15) is 11.6 Å². The van der Waals surface area contributed by atoms with Crippen molar-refractivity contribution >= 4 is 11.8 Å². The summed E-state index contributed by atoms with van der Waals surface area (Å²) >= 11 is 0. The largest absolute Gasteiger partial charge is 0.351 e. The summed E-state index contributed by atoms with van der Waals surface area (Å²) in [5.41, 5.74) is 0.902. The van der Waals surface area contributed by atoms with Gasteiger partial charge in [-0.1, -0.05) is 12.1 Å². The summed E-state index contributed by atoms with van der Waals surface area (Å²) in [6, 6.07) is 5.90. The normalized spacial score (nSPS) is 16.6. The molecule has 142 valence electrons. The Labute approximate surface area is 155 Å². The quantitative estimate of drug-likeness (QED) is 0.781. The van der Waals surface area contributed by atoms with Gasteiger partial charge in [0.15, 0.2) is 0 Å². The molecule has 1 fully saturated rings. The number of H-pyrrole nitrogens is 1. The third kappa shape index (κ3) is 4.99. The van der Waals surface area contributed by atoms with Crippen LogP contribution in [0.15, 0.2) is 35.3 Å². The molecule has 1 aliphatic heterocycles. The topological polar surface area (TPSA) is 95.2 Å². The molecule has 1 aromatic heterocycles. The van der Waals surface area contributed by atoms with Gasteiger partial charge >= 0.3 is 0 Å². The Balaban J connectivity index is 1.50. The van der Waals surface area contributed by atoms with Gasteiger partial charge in [-0.2, -0.15) is 0 Å². The van der Waals surface area contributed by atoms with Crippen LogP contribution in [0.1, 0.15) is 23.4 Å². The monoisotopic (exact) mass is 372 g/mol. The second-order valence-electron chi connectivity index (χ2n) is 6.68. The molecule has 2 N–H and O–H groups in total. The van der Waals surface area contributed by atoms with E-state index in [0.29, 0.717) is 25.3 Å². The molecule has 1 aliphatic rings. The number of carbonyl (C=O) groups excluding carboxylic acids is 2. The number of aryl methyl sites for hydroxylation is 1. The Bertz CT molecular complexity index is 895. The zero-order valence-electron chi connectivity index (χ0n) is 15.0. The van der Waals surface area contributed by atoms with Gasteiger partial charge < -0.3 is 15.2 Å². The molecule has 2 heterocycles. The first kappa shape index (κ1) is 18.8. The summed E-state index contributed by atoms with van der Waals surface area (Å²) in [6.45, 7) is 2.60. The van der Waals surface area contributed by atoms with Crippen molar-refractivity contribution in [1.29, 1.82) is 0 Å². The first-order valence-corrected chi connectivity index (χ1v) is 8.77. The van der Waals surface area contributed by atoms with Crippen molar-refractivity contribution < 1.29 is 14.0 Å².